The molecule has 1 aliphatic heterocycles. The predicted octanol–water partition coefficient (Wildman–Crippen LogP) is 1.93. The Labute approximate surface area is 160 Å². The van der Waals surface area contributed by atoms with Crippen LogP contribution in [0.3, 0.4) is 0 Å². The number of carbonyl (C=O) groups is 3. The summed E-state index contributed by atoms with van der Waals surface area (Å²) < 4.78 is 18.4. The lowest BCUT2D eigenvalue weighted by Crippen LogP contribution is -2.41. The number of hydrogen-bond donors (Lipinski definition) is 2. The summed E-state index contributed by atoms with van der Waals surface area (Å²) >= 11 is 0. The second kappa shape index (κ2) is 8.51. The zero-order chi connectivity index (χ0) is 20.1. The molecule has 0 bridgehead atoms. The minimum absolute atomic E-state index is 0.00975. The van der Waals surface area contributed by atoms with Crippen LogP contribution in [-0.4, -0.2) is 42.6 Å². The Balaban J connectivity index is 1.57. The maximum absolute atomic E-state index is 13.0. The number of hydrogen-bond acceptors (Lipinski definition) is 4. The van der Waals surface area contributed by atoms with E-state index in [1.165, 1.54) is 29.2 Å². The van der Waals surface area contributed by atoms with Gasteiger partial charge in [0.2, 0.25) is 5.91 Å². The van der Waals surface area contributed by atoms with Gasteiger partial charge in [-0.15, -0.1) is 0 Å². The molecule has 146 valence electrons. The first-order chi connectivity index (χ1) is 13.5. The first kappa shape index (κ1) is 19.3. The Morgan fingerprint density at radius 1 is 1.18 bits per heavy atom. The number of nitrogens with zero attached hydrogens (tertiary/aromatic N) is 1. The molecule has 2 aromatic carbocycles. The number of aliphatic carboxylic acids is 1. The van der Waals surface area contributed by atoms with Crippen molar-refractivity contribution in [3.05, 3.63) is 59.9 Å². The van der Waals surface area contributed by atoms with Gasteiger partial charge in [0.25, 0.3) is 5.91 Å². The van der Waals surface area contributed by atoms with Crippen LogP contribution in [0, 0.1) is 5.82 Å². The summed E-state index contributed by atoms with van der Waals surface area (Å²) in [6.07, 6.45) is 0.00975. The Morgan fingerprint density at radius 2 is 1.89 bits per heavy atom. The first-order valence-corrected chi connectivity index (χ1v) is 8.73. The van der Waals surface area contributed by atoms with Crippen LogP contribution in [0.25, 0.3) is 0 Å². The van der Waals surface area contributed by atoms with Gasteiger partial charge in [-0.25, -0.2) is 4.39 Å². The minimum Gasteiger partial charge on any atom is -0.482 e. The summed E-state index contributed by atoms with van der Waals surface area (Å²) in [6, 6.07) is 12.2. The van der Waals surface area contributed by atoms with E-state index in [0.29, 0.717) is 17.0 Å². The molecule has 0 spiro atoms. The molecule has 0 saturated heterocycles. The Morgan fingerprint density at radius 3 is 2.61 bits per heavy atom. The van der Waals surface area contributed by atoms with E-state index in [9.17, 15) is 23.9 Å². The van der Waals surface area contributed by atoms with Crippen molar-refractivity contribution < 1.29 is 28.6 Å². The molecule has 1 heterocycles. The van der Waals surface area contributed by atoms with Gasteiger partial charge in [-0.3, -0.25) is 14.4 Å². The van der Waals surface area contributed by atoms with Gasteiger partial charge in [0.1, 0.15) is 11.6 Å². The molecule has 1 atom stereocenters. The number of amides is 2. The van der Waals surface area contributed by atoms with Crippen LogP contribution in [0.2, 0.25) is 0 Å². The highest BCUT2D eigenvalue weighted by Gasteiger charge is 2.26. The number of ether oxygens (including phenoxy) is 1. The lowest BCUT2D eigenvalue weighted by Gasteiger charge is -2.29. The van der Waals surface area contributed by atoms with Crippen LogP contribution in [0.5, 0.6) is 5.75 Å². The van der Waals surface area contributed by atoms with Crippen molar-refractivity contribution in [3.63, 3.8) is 0 Å². The van der Waals surface area contributed by atoms with E-state index < -0.39 is 17.7 Å². The van der Waals surface area contributed by atoms with Crippen LogP contribution in [0.4, 0.5) is 10.1 Å². The van der Waals surface area contributed by atoms with Crippen LogP contribution in [-0.2, 0) is 14.4 Å². The van der Waals surface area contributed by atoms with E-state index >= 15 is 0 Å². The summed E-state index contributed by atoms with van der Waals surface area (Å²) in [5.41, 5.74) is 0.993. The van der Waals surface area contributed by atoms with Crippen LogP contribution in [0.1, 0.15) is 17.9 Å². The molecule has 8 heteroatoms. The maximum Gasteiger partial charge on any atom is 0.312 e. The molecule has 1 aliphatic rings. The average molecular weight is 386 g/mol. The molecule has 2 aromatic rings. The number of carboxylic acids is 1. The first-order valence-electron chi connectivity index (χ1n) is 8.73. The highest BCUT2D eigenvalue weighted by molar-refractivity contribution is 5.98. The fraction of sp³-hybridized carbons (Fsp3) is 0.250. The molecule has 3 rings (SSSR count). The molecule has 2 N–H and O–H groups in total. The summed E-state index contributed by atoms with van der Waals surface area (Å²) in [7, 11) is 0. The third kappa shape index (κ3) is 4.46. The van der Waals surface area contributed by atoms with Crippen molar-refractivity contribution in [1.29, 1.82) is 0 Å². The zero-order valence-corrected chi connectivity index (χ0v) is 14.9. The molecule has 2 amide bonds. The van der Waals surface area contributed by atoms with Crippen LogP contribution < -0.4 is 15.0 Å². The predicted molar refractivity (Wildman–Crippen MR) is 98.7 cm³/mol. The normalized spacial score (nSPS) is 14.0. The topological polar surface area (TPSA) is 95.9 Å². The molecule has 28 heavy (non-hydrogen) atoms. The number of benzene rings is 2. The smallest absolute Gasteiger partial charge is 0.312 e. The molecular formula is C20H19FN2O5. The number of carboxylic acid groups (broad SMARTS) is 1. The lowest BCUT2D eigenvalue weighted by atomic mass is 9.99. The molecular weight excluding hydrogens is 367 g/mol. The van der Waals surface area contributed by atoms with E-state index in [1.54, 1.807) is 24.3 Å². The van der Waals surface area contributed by atoms with E-state index in [0.717, 1.165) is 0 Å². The highest BCUT2D eigenvalue weighted by Crippen LogP contribution is 2.31. The van der Waals surface area contributed by atoms with Gasteiger partial charge in [0.05, 0.1) is 11.6 Å². The van der Waals surface area contributed by atoms with Gasteiger partial charge in [0, 0.05) is 19.5 Å². The van der Waals surface area contributed by atoms with Gasteiger partial charge in [-0.05, 0) is 29.8 Å². The number of halogens is 1. The fourth-order valence-corrected chi connectivity index (χ4v) is 2.96. The largest absolute Gasteiger partial charge is 0.482 e. The number of fused-ring (bicyclic) bond motifs is 1. The molecule has 0 radical (unpaired) electrons. The van der Waals surface area contributed by atoms with Gasteiger partial charge >= 0.3 is 5.97 Å². The van der Waals surface area contributed by atoms with Crippen molar-refractivity contribution in [2.75, 3.05) is 24.6 Å². The molecule has 1 unspecified atom stereocenters. The van der Waals surface area contributed by atoms with Crippen molar-refractivity contribution in [1.82, 2.24) is 5.32 Å². The van der Waals surface area contributed by atoms with E-state index in [4.69, 9.17) is 4.74 Å². The van der Waals surface area contributed by atoms with Gasteiger partial charge in [0.15, 0.2) is 6.61 Å². The standard InChI is InChI=1S/C20H19FN2O5/c21-14-7-5-13(6-8-14)15(20(26)27)11-22-18(24)9-10-23-16-3-1-2-4-17(16)28-12-19(23)25/h1-8,15H,9-12H2,(H,22,24)(H,26,27). The number of rotatable bonds is 7. The third-order valence-electron chi connectivity index (χ3n) is 4.44. The summed E-state index contributed by atoms with van der Waals surface area (Å²) in [5.74, 6) is -2.64. The van der Waals surface area contributed by atoms with Gasteiger partial charge in [-0.1, -0.05) is 24.3 Å². The monoisotopic (exact) mass is 386 g/mol. The number of anilines is 1. The number of nitrogens with one attached hydrogen (secondary N) is 1. The van der Waals surface area contributed by atoms with Crippen LogP contribution >= 0.6 is 0 Å². The molecule has 7 nitrogen and oxygen atoms in total. The van der Waals surface area contributed by atoms with Crippen molar-refractivity contribution in [3.8, 4) is 5.75 Å². The van der Waals surface area contributed by atoms with E-state index in [2.05, 4.69) is 5.32 Å². The zero-order valence-electron chi connectivity index (χ0n) is 14.9. The van der Waals surface area contributed by atoms with E-state index in [-0.39, 0.29) is 37.9 Å². The summed E-state index contributed by atoms with van der Waals surface area (Å²) in [6.45, 7) is -0.0724. The fourth-order valence-electron chi connectivity index (χ4n) is 2.96. The van der Waals surface area contributed by atoms with Gasteiger partial charge < -0.3 is 20.1 Å². The second-order valence-electron chi connectivity index (χ2n) is 6.30. The number of para-hydroxylation sites is 2. The highest BCUT2D eigenvalue weighted by atomic mass is 19.1. The summed E-state index contributed by atoms with van der Waals surface area (Å²) in [5, 5.41) is 11.9. The Kier molecular flexibility index (Phi) is 5.88. The van der Waals surface area contributed by atoms with E-state index in [1.807, 2.05) is 0 Å². The summed E-state index contributed by atoms with van der Waals surface area (Å²) in [4.78, 5) is 37.2. The maximum atomic E-state index is 13.0. The SMILES string of the molecule is O=C(CCN1C(=O)COc2ccccc21)NCC(C(=O)O)c1ccc(F)cc1. The average Bonchev–Trinajstić information content (AvgIpc) is 2.68. The molecule has 0 aromatic heterocycles. The van der Waals surface area contributed by atoms with Crippen molar-refractivity contribution in [2.45, 2.75) is 12.3 Å². The number of carbonyl (C=O) groups excluding carboxylic acids is 2. The minimum atomic E-state index is -1.12. The van der Waals surface area contributed by atoms with Gasteiger partial charge in [-0.2, -0.15) is 0 Å². The molecule has 0 aliphatic carbocycles. The quantitative estimate of drug-likeness (QED) is 0.758. The van der Waals surface area contributed by atoms with Crippen molar-refractivity contribution in [2.24, 2.45) is 0 Å². The Bertz CT molecular complexity index is 884. The lowest BCUT2D eigenvalue weighted by molar-refractivity contribution is -0.138. The van der Waals surface area contributed by atoms with Crippen LogP contribution in [0.15, 0.2) is 48.5 Å². The third-order valence-corrected chi connectivity index (χ3v) is 4.44. The Hall–Kier alpha value is -3.42. The second-order valence-corrected chi connectivity index (χ2v) is 6.30. The molecule has 0 fully saturated rings. The molecule has 0 saturated carbocycles. The van der Waals surface area contributed by atoms with Crippen molar-refractivity contribution >= 4 is 23.5 Å².